The molecule has 8 atom stereocenters. The van der Waals surface area contributed by atoms with Crippen LogP contribution in [-0.4, -0.2) is 63.0 Å². The van der Waals surface area contributed by atoms with Crippen LogP contribution in [-0.2, 0) is 33.0 Å². The molecule has 0 spiro atoms. The third-order valence-corrected chi connectivity index (χ3v) is 12.4. The molecule has 0 aromatic heterocycles. The Morgan fingerprint density at radius 3 is 2.38 bits per heavy atom. The molecule has 0 unspecified atom stereocenters. The highest BCUT2D eigenvalue weighted by Crippen LogP contribution is 2.40. The second kappa shape index (κ2) is 11.8. The van der Waals surface area contributed by atoms with Gasteiger partial charge in [0.1, 0.15) is 30.7 Å². The number of hydrogen-bond donors (Lipinski definition) is 0. The van der Waals surface area contributed by atoms with Gasteiger partial charge >= 0.3 is 5.97 Å². The molecule has 3 aliphatic rings. The van der Waals surface area contributed by atoms with Crippen molar-refractivity contribution >= 4 is 20.6 Å². The molecule has 2 saturated heterocycles. The predicted molar refractivity (Wildman–Crippen MR) is 146 cm³/mol. The van der Waals surface area contributed by atoms with E-state index in [0.717, 1.165) is 12.7 Å². The lowest BCUT2D eigenvalue weighted by molar-refractivity contribution is -0.156. The second-order valence-electron chi connectivity index (χ2n) is 13.1. The zero-order chi connectivity index (χ0) is 27.6. The molecular weight excluding hydrogens is 488 g/mol. The van der Waals surface area contributed by atoms with Crippen molar-refractivity contribution in [2.24, 2.45) is 11.8 Å². The maximum atomic E-state index is 13.1. The Hall–Kier alpha value is -1.32. The lowest BCUT2D eigenvalue weighted by Gasteiger charge is -2.41. The Kier molecular flexibility index (Phi) is 9.66. The lowest BCUT2D eigenvalue weighted by atomic mass is 9.97. The van der Waals surface area contributed by atoms with Gasteiger partial charge in [-0.3, -0.25) is 4.79 Å². The molecule has 0 aromatic rings. The minimum Gasteiger partial charge on any atom is -0.460 e. The number of carbonyl (C=O) groups excluding carboxylic acids is 2. The van der Waals surface area contributed by atoms with Gasteiger partial charge in [0.05, 0.1) is 12.2 Å². The van der Waals surface area contributed by atoms with Crippen molar-refractivity contribution in [1.82, 2.24) is 0 Å². The van der Waals surface area contributed by atoms with E-state index in [-0.39, 0.29) is 53.4 Å². The molecule has 0 N–H and O–H groups in total. The van der Waals surface area contributed by atoms with Gasteiger partial charge in [0.2, 0.25) is 0 Å². The van der Waals surface area contributed by atoms with Crippen LogP contribution in [0.1, 0.15) is 74.1 Å². The molecule has 2 fully saturated rings. The van der Waals surface area contributed by atoms with E-state index in [9.17, 15) is 9.59 Å². The van der Waals surface area contributed by atoms with Crippen LogP contribution >= 0.6 is 0 Å². The van der Waals surface area contributed by atoms with E-state index in [0.29, 0.717) is 19.3 Å². The van der Waals surface area contributed by atoms with Gasteiger partial charge in [-0.15, -0.1) is 0 Å². The normalized spacial score (nSPS) is 36.1. The topological polar surface area (TPSA) is 83.6 Å². The molecule has 0 saturated carbocycles. The molecule has 37 heavy (non-hydrogen) atoms. The summed E-state index contributed by atoms with van der Waals surface area (Å²) in [5.41, 5.74) is 0. The van der Waals surface area contributed by atoms with E-state index >= 15 is 0 Å². The van der Waals surface area contributed by atoms with Crippen LogP contribution in [0.15, 0.2) is 24.3 Å². The highest BCUT2D eigenvalue weighted by Gasteiger charge is 2.46. The molecular formula is C29H48O7Si. The first-order chi connectivity index (χ1) is 17.1. The lowest BCUT2D eigenvalue weighted by Crippen LogP contribution is -2.49. The fourth-order valence-electron chi connectivity index (χ4n) is 4.64. The Labute approximate surface area is 224 Å². The van der Waals surface area contributed by atoms with E-state index in [1.54, 1.807) is 0 Å². The molecule has 3 rings (SSSR count). The average Bonchev–Trinajstić information content (AvgIpc) is 3.43. The van der Waals surface area contributed by atoms with Crippen molar-refractivity contribution in [3.05, 3.63) is 24.3 Å². The maximum Gasteiger partial charge on any atom is 0.306 e. The summed E-state index contributed by atoms with van der Waals surface area (Å²) in [4.78, 5) is 24.7. The fraction of sp³-hybridized carbons (Fsp3) is 0.793. The van der Waals surface area contributed by atoms with Crippen LogP contribution in [0.5, 0.6) is 0 Å². The van der Waals surface area contributed by atoms with Crippen molar-refractivity contribution < 1.29 is 33.0 Å². The smallest absolute Gasteiger partial charge is 0.306 e. The summed E-state index contributed by atoms with van der Waals surface area (Å²) < 4.78 is 31.1. The van der Waals surface area contributed by atoms with Gasteiger partial charge < -0.3 is 28.2 Å². The first kappa shape index (κ1) is 30.2. The Morgan fingerprint density at radius 2 is 1.76 bits per heavy atom. The monoisotopic (exact) mass is 536 g/mol. The highest BCUT2D eigenvalue weighted by molar-refractivity contribution is 6.74. The number of hydrogen-bond acceptors (Lipinski definition) is 7. The zero-order valence-electron chi connectivity index (χ0n) is 24.2. The van der Waals surface area contributed by atoms with Crippen LogP contribution in [0.2, 0.25) is 18.1 Å². The number of fused-ring (bicyclic) bond motifs is 2. The van der Waals surface area contributed by atoms with Crippen LogP contribution < -0.4 is 0 Å². The van der Waals surface area contributed by atoms with E-state index in [4.69, 9.17) is 23.4 Å². The number of rotatable bonds is 6. The first-order valence-electron chi connectivity index (χ1n) is 13.8. The van der Waals surface area contributed by atoms with Gasteiger partial charge in [0.15, 0.2) is 14.1 Å². The van der Waals surface area contributed by atoms with E-state index in [1.807, 2.05) is 45.9 Å². The van der Waals surface area contributed by atoms with Crippen molar-refractivity contribution in [3.63, 3.8) is 0 Å². The average molecular weight is 537 g/mol. The summed E-state index contributed by atoms with van der Waals surface area (Å²) in [5, 5.41) is -0.0185. The van der Waals surface area contributed by atoms with Crippen molar-refractivity contribution in [3.8, 4) is 0 Å². The summed E-state index contributed by atoms with van der Waals surface area (Å²) in [5.74, 6) is -0.999. The van der Waals surface area contributed by atoms with Crippen LogP contribution in [0.25, 0.3) is 0 Å². The van der Waals surface area contributed by atoms with Crippen LogP contribution in [0.3, 0.4) is 0 Å². The minimum atomic E-state index is -2.20. The molecule has 7 nitrogen and oxygen atoms in total. The Morgan fingerprint density at radius 1 is 1.14 bits per heavy atom. The minimum absolute atomic E-state index is 0.0185. The maximum absolute atomic E-state index is 13.1. The van der Waals surface area contributed by atoms with Crippen LogP contribution in [0, 0.1) is 11.8 Å². The molecule has 0 amide bonds. The molecule has 0 radical (unpaired) electrons. The fourth-order valence-corrected chi connectivity index (χ4v) is 6.00. The van der Waals surface area contributed by atoms with Crippen molar-refractivity contribution in [1.29, 1.82) is 0 Å². The molecule has 0 bridgehead atoms. The van der Waals surface area contributed by atoms with Gasteiger partial charge in [-0.2, -0.15) is 0 Å². The van der Waals surface area contributed by atoms with E-state index < -0.39 is 20.2 Å². The molecule has 3 heterocycles. The van der Waals surface area contributed by atoms with Gasteiger partial charge in [0, 0.05) is 18.8 Å². The molecule has 0 aromatic carbocycles. The third-order valence-electron chi connectivity index (χ3n) is 7.91. The number of esters is 1. The largest absolute Gasteiger partial charge is 0.460 e. The van der Waals surface area contributed by atoms with Gasteiger partial charge in [-0.05, 0) is 50.7 Å². The SMILES string of the molecule is C[C@H]1C/C=C/[C@@H]2OC(C)(C)O[C@H]2/C=C/[C@@H]2O[C@H]2C[C@@H]([C@H](C[C@@H](C)C=O)O[Si](C)(C)C(C)(C)C)OC(=O)C1. The molecule has 210 valence electrons. The predicted octanol–water partition coefficient (Wildman–Crippen LogP) is 5.73. The Bertz CT molecular complexity index is 859. The molecule has 0 aliphatic carbocycles. The van der Waals surface area contributed by atoms with Crippen molar-refractivity contribution in [2.45, 2.75) is 135 Å². The number of cyclic esters (lactones) is 1. The molecule has 8 heteroatoms. The van der Waals surface area contributed by atoms with Crippen LogP contribution in [0.4, 0.5) is 0 Å². The first-order valence-corrected chi connectivity index (χ1v) is 16.7. The molecule has 3 aliphatic heterocycles. The van der Waals surface area contributed by atoms with E-state index in [2.05, 4.69) is 39.9 Å². The number of carbonyl (C=O) groups is 2. The summed E-state index contributed by atoms with van der Waals surface area (Å²) >= 11 is 0. The van der Waals surface area contributed by atoms with Gasteiger partial charge in [-0.25, -0.2) is 0 Å². The zero-order valence-corrected chi connectivity index (χ0v) is 25.2. The summed E-state index contributed by atoms with van der Waals surface area (Å²) in [6.07, 6.45) is 9.75. The van der Waals surface area contributed by atoms with Crippen molar-refractivity contribution in [2.75, 3.05) is 0 Å². The van der Waals surface area contributed by atoms with Gasteiger partial charge in [-0.1, -0.05) is 58.9 Å². The standard InChI is InChI=1S/C29H48O7Si/c1-19-11-10-12-22-23(35-29(6,7)34-22)14-13-21-24(32-21)17-25(33-27(31)16-19)26(15-20(2)18-30)36-37(8,9)28(3,4)5/h10,12-14,18-26H,11,15-17H2,1-9H3/b12-10+,14-13+/t19-,20+,21-,22-,23-,24-,25-,26-/m0/s1. The number of allylic oxidation sites excluding steroid dienone is 1. The summed E-state index contributed by atoms with van der Waals surface area (Å²) in [6.45, 7) is 18.7. The highest BCUT2D eigenvalue weighted by atomic mass is 28.4. The van der Waals surface area contributed by atoms with E-state index in [1.165, 1.54) is 0 Å². The summed E-state index contributed by atoms with van der Waals surface area (Å²) in [7, 11) is -2.20. The number of aldehydes is 1. The quantitative estimate of drug-likeness (QED) is 0.141. The number of epoxide rings is 1. The number of ether oxygens (including phenoxy) is 4. The third kappa shape index (κ3) is 8.58. The van der Waals surface area contributed by atoms with Gasteiger partial charge in [0.25, 0.3) is 0 Å². The second-order valence-corrected chi connectivity index (χ2v) is 17.8. The Balaban J connectivity index is 1.85. The summed E-state index contributed by atoms with van der Waals surface area (Å²) in [6, 6.07) is 0.